The number of carbonyl (C=O) groups excluding carboxylic acids is 1. The predicted octanol–water partition coefficient (Wildman–Crippen LogP) is 3.19. The van der Waals surface area contributed by atoms with E-state index in [4.69, 9.17) is 4.42 Å². The summed E-state index contributed by atoms with van der Waals surface area (Å²) in [5.74, 6) is 0.838. The Labute approximate surface area is 161 Å². The van der Waals surface area contributed by atoms with Crippen LogP contribution < -0.4 is 9.62 Å². The van der Waals surface area contributed by atoms with Crippen molar-refractivity contribution in [3.8, 4) is 0 Å². The average Bonchev–Trinajstić information content (AvgIpc) is 3.07. The monoisotopic (exact) mass is 392 g/mol. The molecule has 1 aromatic carbocycles. The Bertz CT molecular complexity index is 825. The number of furan rings is 1. The second-order valence-corrected chi connectivity index (χ2v) is 8.72. The number of hydrogen-bond acceptors (Lipinski definition) is 4. The topological polar surface area (TPSA) is 79.6 Å². The molecule has 2 rings (SSSR count). The number of aryl methyl sites for hydroxylation is 3. The van der Waals surface area contributed by atoms with Crippen LogP contribution in [0.3, 0.4) is 0 Å². The first kappa shape index (κ1) is 21.0. The van der Waals surface area contributed by atoms with Crippen LogP contribution in [0.1, 0.15) is 36.1 Å². The molecule has 2 aromatic rings. The lowest BCUT2D eigenvalue weighted by Gasteiger charge is -2.23. The SMILES string of the molecule is Cc1cc(C)cc(N(CCCC(=O)NCCCc2ccco2)S(C)(=O)=O)c1. The van der Waals surface area contributed by atoms with Crippen molar-refractivity contribution in [1.29, 1.82) is 0 Å². The van der Waals surface area contributed by atoms with Gasteiger partial charge >= 0.3 is 0 Å². The molecular formula is C20H28N2O4S. The minimum atomic E-state index is -3.40. The standard InChI is InChI=1S/C20H28N2O4S/c1-16-13-17(2)15-18(14-16)22(27(3,24)25)11-5-9-20(23)21-10-4-7-19-8-6-12-26-19/h6,8,12-15H,4-5,7,9-11H2,1-3H3,(H,21,23). The van der Waals surface area contributed by atoms with Crippen LogP contribution in [0.15, 0.2) is 41.0 Å². The van der Waals surface area contributed by atoms with Crippen LogP contribution in [0.5, 0.6) is 0 Å². The number of nitrogens with zero attached hydrogens (tertiary/aromatic N) is 1. The summed E-state index contributed by atoms with van der Waals surface area (Å²) in [6.07, 6.45) is 5.16. The first-order valence-electron chi connectivity index (χ1n) is 9.11. The van der Waals surface area contributed by atoms with E-state index in [2.05, 4.69) is 5.32 Å². The summed E-state index contributed by atoms with van der Waals surface area (Å²) in [6, 6.07) is 9.46. The molecule has 7 heteroatoms. The molecule has 0 bridgehead atoms. The van der Waals surface area contributed by atoms with Crippen molar-refractivity contribution in [1.82, 2.24) is 5.32 Å². The maximum Gasteiger partial charge on any atom is 0.232 e. The zero-order valence-corrected chi connectivity index (χ0v) is 17.0. The van der Waals surface area contributed by atoms with Crippen molar-refractivity contribution in [3.63, 3.8) is 0 Å². The molecule has 27 heavy (non-hydrogen) atoms. The Morgan fingerprint density at radius 1 is 1.15 bits per heavy atom. The largest absolute Gasteiger partial charge is 0.469 e. The molecule has 0 saturated heterocycles. The van der Waals surface area contributed by atoms with Crippen molar-refractivity contribution < 1.29 is 17.6 Å². The van der Waals surface area contributed by atoms with Crippen LogP contribution in [0, 0.1) is 13.8 Å². The molecule has 0 spiro atoms. The molecule has 0 aliphatic rings. The summed E-state index contributed by atoms with van der Waals surface area (Å²) in [6.45, 7) is 4.73. The average molecular weight is 393 g/mol. The normalized spacial score (nSPS) is 11.4. The van der Waals surface area contributed by atoms with Crippen LogP contribution in [0.25, 0.3) is 0 Å². The van der Waals surface area contributed by atoms with Crippen LogP contribution in [0.2, 0.25) is 0 Å². The maximum absolute atomic E-state index is 12.2. The second-order valence-electron chi connectivity index (χ2n) is 6.82. The van der Waals surface area contributed by atoms with E-state index in [-0.39, 0.29) is 18.9 Å². The van der Waals surface area contributed by atoms with Crippen molar-refractivity contribution in [2.45, 2.75) is 39.5 Å². The molecule has 6 nitrogen and oxygen atoms in total. The fourth-order valence-corrected chi connectivity index (χ4v) is 3.95. The highest BCUT2D eigenvalue weighted by molar-refractivity contribution is 7.92. The Hall–Kier alpha value is -2.28. The van der Waals surface area contributed by atoms with Crippen LogP contribution in [-0.4, -0.2) is 33.7 Å². The van der Waals surface area contributed by atoms with Gasteiger partial charge in [0.2, 0.25) is 15.9 Å². The quantitative estimate of drug-likeness (QED) is 0.630. The van der Waals surface area contributed by atoms with Gasteiger partial charge in [0.1, 0.15) is 5.76 Å². The molecule has 148 valence electrons. The first-order valence-corrected chi connectivity index (χ1v) is 11.0. The molecule has 1 aromatic heterocycles. The summed E-state index contributed by atoms with van der Waals surface area (Å²) < 4.78 is 31.0. The predicted molar refractivity (Wildman–Crippen MR) is 107 cm³/mol. The number of nitrogens with one attached hydrogen (secondary N) is 1. The van der Waals surface area contributed by atoms with E-state index in [0.717, 1.165) is 29.7 Å². The van der Waals surface area contributed by atoms with E-state index >= 15 is 0 Å². The summed E-state index contributed by atoms with van der Waals surface area (Å²) in [7, 11) is -3.40. The van der Waals surface area contributed by atoms with Gasteiger partial charge in [0.15, 0.2) is 0 Å². The fraction of sp³-hybridized carbons (Fsp3) is 0.450. The zero-order chi connectivity index (χ0) is 19.9. The third-order valence-corrected chi connectivity index (χ3v) is 5.36. The number of amides is 1. The first-order chi connectivity index (χ1) is 12.8. The molecule has 1 N–H and O–H groups in total. The van der Waals surface area contributed by atoms with Crippen molar-refractivity contribution in [2.24, 2.45) is 0 Å². The number of benzene rings is 1. The minimum absolute atomic E-state index is 0.0664. The van der Waals surface area contributed by atoms with Gasteiger partial charge in [0.25, 0.3) is 0 Å². The maximum atomic E-state index is 12.2. The van der Waals surface area contributed by atoms with Gasteiger partial charge in [-0.25, -0.2) is 8.42 Å². The van der Waals surface area contributed by atoms with E-state index in [1.807, 2.05) is 44.2 Å². The summed E-state index contributed by atoms with van der Waals surface area (Å²) in [5, 5.41) is 2.87. The van der Waals surface area contributed by atoms with E-state index in [0.29, 0.717) is 18.7 Å². The van der Waals surface area contributed by atoms with E-state index in [9.17, 15) is 13.2 Å². The van der Waals surface area contributed by atoms with E-state index < -0.39 is 10.0 Å². The molecule has 0 unspecified atom stereocenters. The summed E-state index contributed by atoms with van der Waals surface area (Å²) >= 11 is 0. The second kappa shape index (κ2) is 9.60. The third-order valence-electron chi connectivity index (χ3n) is 4.16. The molecule has 0 radical (unpaired) electrons. The van der Waals surface area contributed by atoms with Crippen LogP contribution >= 0.6 is 0 Å². The highest BCUT2D eigenvalue weighted by Crippen LogP contribution is 2.21. The molecule has 0 aliphatic carbocycles. The molecule has 1 heterocycles. The number of anilines is 1. The lowest BCUT2D eigenvalue weighted by atomic mass is 10.1. The van der Waals surface area contributed by atoms with Gasteiger partial charge in [-0.2, -0.15) is 0 Å². The minimum Gasteiger partial charge on any atom is -0.469 e. The molecule has 0 aliphatic heterocycles. The number of rotatable bonds is 10. The van der Waals surface area contributed by atoms with Gasteiger partial charge in [0.05, 0.1) is 18.2 Å². The molecular weight excluding hydrogens is 364 g/mol. The molecule has 0 atom stereocenters. The Morgan fingerprint density at radius 3 is 2.44 bits per heavy atom. The fourth-order valence-electron chi connectivity index (χ4n) is 3.00. The summed E-state index contributed by atoms with van der Waals surface area (Å²) in [4.78, 5) is 12.0. The van der Waals surface area contributed by atoms with Crippen molar-refractivity contribution in [2.75, 3.05) is 23.7 Å². The highest BCUT2D eigenvalue weighted by Gasteiger charge is 2.18. The lowest BCUT2D eigenvalue weighted by molar-refractivity contribution is -0.121. The third kappa shape index (κ3) is 7.09. The zero-order valence-electron chi connectivity index (χ0n) is 16.2. The van der Waals surface area contributed by atoms with Crippen molar-refractivity contribution >= 4 is 21.6 Å². The Balaban J connectivity index is 1.80. The van der Waals surface area contributed by atoms with Gasteiger partial charge in [0, 0.05) is 25.9 Å². The highest BCUT2D eigenvalue weighted by atomic mass is 32.2. The number of carbonyl (C=O) groups is 1. The Morgan fingerprint density at radius 2 is 1.85 bits per heavy atom. The number of hydrogen-bond donors (Lipinski definition) is 1. The van der Waals surface area contributed by atoms with E-state index in [1.54, 1.807) is 6.26 Å². The van der Waals surface area contributed by atoms with Gasteiger partial charge < -0.3 is 9.73 Å². The van der Waals surface area contributed by atoms with Gasteiger partial charge in [-0.1, -0.05) is 6.07 Å². The van der Waals surface area contributed by atoms with Gasteiger partial charge in [-0.15, -0.1) is 0 Å². The van der Waals surface area contributed by atoms with E-state index in [1.165, 1.54) is 10.6 Å². The van der Waals surface area contributed by atoms with Gasteiger partial charge in [-0.05, 0) is 62.1 Å². The molecule has 0 saturated carbocycles. The van der Waals surface area contributed by atoms with Crippen LogP contribution in [0.4, 0.5) is 5.69 Å². The number of sulfonamides is 1. The Kier molecular flexibility index (Phi) is 7.47. The smallest absolute Gasteiger partial charge is 0.232 e. The molecule has 0 fully saturated rings. The van der Waals surface area contributed by atoms with Gasteiger partial charge in [-0.3, -0.25) is 9.10 Å². The molecule has 1 amide bonds. The van der Waals surface area contributed by atoms with Crippen molar-refractivity contribution in [3.05, 3.63) is 53.5 Å². The van der Waals surface area contributed by atoms with Crippen LogP contribution in [-0.2, 0) is 21.2 Å². The summed E-state index contributed by atoms with van der Waals surface area (Å²) in [5.41, 5.74) is 2.66. The lowest BCUT2D eigenvalue weighted by Crippen LogP contribution is -2.32.